The van der Waals surface area contributed by atoms with Crippen LogP contribution in [0, 0.1) is 0 Å². The second-order valence-corrected chi connectivity index (χ2v) is 4.34. The monoisotopic (exact) mass is 260 g/mol. The Kier molecular flexibility index (Phi) is 4.13. The molecule has 4 heteroatoms. The summed E-state index contributed by atoms with van der Waals surface area (Å²) in [7, 11) is 1.95. The molecular formula is C10H17BrN2O. The SMILES string of the molecule is CCc1nn(C)c(COC(C)C)c1Br. The van der Waals surface area contributed by atoms with Crippen LogP contribution in [0.4, 0.5) is 0 Å². The summed E-state index contributed by atoms with van der Waals surface area (Å²) < 4.78 is 8.52. The molecule has 1 rings (SSSR count). The molecule has 0 amide bonds. The minimum atomic E-state index is 0.252. The molecular weight excluding hydrogens is 244 g/mol. The molecule has 0 fully saturated rings. The van der Waals surface area contributed by atoms with Crippen molar-refractivity contribution in [3.63, 3.8) is 0 Å². The van der Waals surface area contributed by atoms with Crippen molar-refractivity contribution >= 4 is 15.9 Å². The van der Waals surface area contributed by atoms with Gasteiger partial charge >= 0.3 is 0 Å². The smallest absolute Gasteiger partial charge is 0.0899 e. The zero-order valence-electron chi connectivity index (χ0n) is 9.17. The summed E-state index contributed by atoms with van der Waals surface area (Å²) in [6, 6.07) is 0. The van der Waals surface area contributed by atoms with Gasteiger partial charge in [-0.1, -0.05) is 6.92 Å². The molecule has 0 aliphatic rings. The second-order valence-electron chi connectivity index (χ2n) is 3.54. The van der Waals surface area contributed by atoms with Crippen LogP contribution in [0.15, 0.2) is 4.47 Å². The summed E-state index contributed by atoms with van der Waals surface area (Å²) in [5.74, 6) is 0. The van der Waals surface area contributed by atoms with E-state index in [9.17, 15) is 0 Å². The number of nitrogens with zero attached hydrogens (tertiary/aromatic N) is 2. The maximum atomic E-state index is 5.56. The maximum Gasteiger partial charge on any atom is 0.0899 e. The quantitative estimate of drug-likeness (QED) is 0.833. The van der Waals surface area contributed by atoms with E-state index in [0.717, 1.165) is 22.3 Å². The minimum Gasteiger partial charge on any atom is -0.372 e. The van der Waals surface area contributed by atoms with E-state index in [1.54, 1.807) is 0 Å². The Morgan fingerprint density at radius 3 is 2.57 bits per heavy atom. The molecule has 1 heterocycles. The number of hydrogen-bond donors (Lipinski definition) is 0. The Labute approximate surface area is 93.6 Å². The van der Waals surface area contributed by atoms with Crippen molar-refractivity contribution in [1.82, 2.24) is 9.78 Å². The van der Waals surface area contributed by atoms with Gasteiger partial charge in [0, 0.05) is 7.05 Å². The Hall–Kier alpha value is -0.350. The minimum absolute atomic E-state index is 0.252. The fraction of sp³-hybridized carbons (Fsp3) is 0.700. The van der Waals surface area contributed by atoms with E-state index in [1.807, 2.05) is 25.6 Å². The summed E-state index contributed by atoms with van der Waals surface area (Å²) in [6.45, 7) is 6.78. The van der Waals surface area contributed by atoms with E-state index in [1.165, 1.54) is 0 Å². The van der Waals surface area contributed by atoms with Gasteiger partial charge in [-0.2, -0.15) is 5.10 Å². The number of hydrogen-bond acceptors (Lipinski definition) is 2. The van der Waals surface area contributed by atoms with Crippen molar-refractivity contribution in [3.8, 4) is 0 Å². The largest absolute Gasteiger partial charge is 0.372 e. The van der Waals surface area contributed by atoms with Gasteiger partial charge in [-0.25, -0.2) is 0 Å². The molecule has 0 aliphatic carbocycles. The van der Waals surface area contributed by atoms with Crippen LogP contribution < -0.4 is 0 Å². The molecule has 1 aromatic heterocycles. The van der Waals surface area contributed by atoms with Crippen LogP contribution in [-0.2, 0) is 24.8 Å². The zero-order valence-corrected chi connectivity index (χ0v) is 10.8. The van der Waals surface area contributed by atoms with Crippen molar-refractivity contribution < 1.29 is 4.74 Å². The predicted octanol–water partition coefficient (Wildman–Crippen LogP) is 2.67. The first-order valence-electron chi connectivity index (χ1n) is 4.88. The molecule has 80 valence electrons. The van der Waals surface area contributed by atoms with Gasteiger partial charge in [-0.3, -0.25) is 4.68 Å². The molecule has 1 aromatic rings. The number of aromatic nitrogens is 2. The number of ether oxygens (including phenoxy) is 1. The summed E-state index contributed by atoms with van der Waals surface area (Å²) in [6.07, 6.45) is 1.19. The second kappa shape index (κ2) is 4.94. The van der Waals surface area contributed by atoms with Crippen molar-refractivity contribution in [2.45, 2.75) is 39.9 Å². The fourth-order valence-electron chi connectivity index (χ4n) is 1.22. The zero-order chi connectivity index (χ0) is 10.7. The van der Waals surface area contributed by atoms with Gasteiger partial charge in [0.25, 0.3) is 0 Å². The molecule has 0 bridgehead atoms. The highest BCUT2D eigenvalue weighted by molar-refractivity contribution is 9.10. The topological polar surface area (TPSA) is 27.1 Å². The van der Waals surface area contributed by atoms with Crippen LogP contribution in [0.5, 0.6) is 0 Å². The van der Waals surface area contributed by atoms with E-state index in [2.05, 4.69) is 28.0 Å². The lowest BCUT2D eigenvalue weighted by atomic mass is 10.3. The first-order chi connectivity index (χ1) is 6.56. The van der Waals surface area contributed by atoms with Gasteiger partial charge in [0.1, 0.15) is 0 Å². The lowest BCUT2D eigenvalue weighted by molar-refractivity contribution is 0.0613. The van der Waals surface area contributed by atoms with Crippen molar-refractivity contribution in [3.05, 3.63) is 15.9 Å². The average molecular weight is 261 g/mol. The van der Waals surface area contributed by atoms with E-state index >= 15 is 0 Å². The standard InChI is InChI=1S/C10H17BrN2O/c1-5-8-10(11)9(13(4)12-8)6-14-7(2)3/h7H,5-6H2,1-4H3. The van der Waals surface area contributed by atoms with Crippen LogP contribution in [0.25, 0.3) is 0 Å². The van der Waals surface area contributed by atoms with Crippen LogP contribution in [0.1, 0.15) is 32.2 Å². The highest BCUT2D eigenvalue weighted by Gasteiger charge is 2.12. The van der Waals surface area contributed by atoms with Crippen LogP contribution in [0.3, 0.4) is 0 Å². The Bertz CT molecular complexity index is 307. The van der Waals surface area contributed by atoms with Crippen molar-refractivity contribution in [2.75, 3.05) is 0 Å². The molecule has 3 nitrogen and oxygen atoms in total. The Morgan fingerprint density at radius 1 is 1.50 bits per heavy atom. The normalized spacial score (nSPS) is 11.3. The third kappa shape index (κ3) is 2.58. The first-order valence-corrected chi connectivity index (χ1v) is 5.67. The Morgan fingerprint density at radius 2 is 2.14 bits per heavy atom. The van der Waals surface area contributed by atoms with Gasteiger partial charge in [-0.05, 0) is 36.2 Å². The third-order valence-corrected chi connectivity index (χ3v) is 2.97. The molecule has 0 saturated heterocycles. The molecule has 14 heavy (non-hydrogen) atoms. The molecule has 0 aromatic carbocycles. The van der Waals surface area contributed by atoms with Gasteiger partial charge in [0.05, 0.1) is 28.6 Å². The lowest BCUT2D eigenvalue weighted by Gasteiger charge is -2.07. The molecule has 0 aliphatic heterocycles. The van der Waals surface area contributed by atoms with Gasteiger partial charge in [0.2, 0.25) is 0 Å². The van der Waals surface area contributed by atoms with E-state index in [-0.39, 0.29) is 6.10 Å². The molecule has 0 unspecified atom stereocenters. The molecule has 0 spiro atoms. The third-order valence-electron chi connectivity index (χ3n) is 2.06. The van der Waals surface area contributed by atoms with Crippen molar-refractivity contribution in [1.29, 1.82) is 0 Å². The number of halogens is 1. The maximum absolute atomic E-state index is 5.56. The highest BCUT2D eigenvalue weighted by Crippen LogP contribution is 2.22. The molecule has 0 radical (unpaired) electrons. The van der Waals surface area contributed by atoms with E-state index in [4.69, 9.17) is 4.74 Å². The van der Waals surface area contributed by atoms with Crippen LogP contribution in [-0.4, -0.2) is 15.9 Å². The summed E-state index contributed by atoms with van der Waals surface area (Å²) in [4.78, 5) is 0. The first kappa shape index (κ1) is 11.7. The average Bonchev–Trinajstić information content (AvgIpc) is 2.39. The molecule has 0 atom stereocenters. The van der Waals surface area contributed by atoms with E-state index in [0.29, 0.717) is 6.61 Å². The van der Waals surface area contributed by atoms with Crippen LogP contribution in [0.2, 0.25) is 0 Å². The van der Waals surface area contributed by atoms with Crippen LogP contribution >= 0.6 is 15.9 Å². The summed E-state index contributed by atoms with van der Waals surface area (Å²) in [5, 5.41) is 4.40. The number of rotatable bonds is 4. The fourth-order valence-corrected chi connectivity index (χ4v) is 1.95. The Balaban J connectivity index is 2.80. The summed E-state index contributed by atoms with van der Waals surface area (Å²) >= 11 is 3.55. The highest BCUT2D eigenvalue weighted by atomic mass is 79.9. The van der Waals surface area contributed by atoms with Gasteiger partial charge in [-0.15, -0.1) is 0 Å². The van der Waals surface area contributed by atoms with Crippen molar-refractivity contribution in [2.24, 2.45) is 7.05 Å². The number of aryl methyl sites for hydroxylation is 2. The van der Waals surface area contributed by atoms with Gasteiger partial charge in [0.15, 0.2) is 0 Å². The summed E-state index contributed by atoms with van der Waals surface area (Å²) in [5.41, 5.74) is 2.20. The van der Waals surface area contributed by atoms with E-state index < -0.39 is 0 Å². The lowest BCUT2D eigenvalue weighted by Crippen LogP contribution is -2.06. The molecule has 0 saturated carbocycles. The molecule has 0 N–H and O–H groups in total. The predicted molar refractivity (Wildman–Crippen MR) is 60.2 cm³/mol. The van der Waals surface area contributed by atoms with Gasteiger partial charge < -0.3 is 4.74 Å².